The van der Waals surface area contributed by atoms with E-state index in [1.807, 2.05) is 0 Å². The summed E-state index contributed by atoms with van der Waals surface area (Å²) in [6, 6.07) is 6.26. The van der Waals surface area contributed by atoms with E-state index in [4.69, 9.17) is 16.3 Å². The molecule has 0 amide bonds. The summed E-state index contributed by atoms with van der Waals surface area (Å²) < 4.78 is 5.94. The van der Waals surface area contributed by atoms with Gasteiger partial charge in [-0.15, -0.1) is 11.6 Å². The zero-order valence-corrected chi connectivity index (χ0v) is 11.3. The van der Waals surface area contributed by atoms with Crippen molar-refractivity contribution >= 4 is 11.6 Å². The average Bonchev–Trinajstić information content (AvgIpc) is 2.38. The Bertz CT molecular complexity index is 356. The molecule has 0 radical (unpaired) electrons. The number of ether oxygens (including phenoxy) is 1. The molecule has 0 bridgehead atoms. The summed E-state index contributed by atoms with van der Waals surface area (Å²) in [5.74, 6) is 2.24. The van der Waals surface area contributed by atoms with Crippen molar-refractivity contribution in [2.45, 2.75) is 44.9 Å². The second-order valence-corrected chi connectivity index (χ2v) is 5.33. The summed E-state index contributed by atoms with van der Waals surface area (Å²) in [6.45, 7) is 2.94. The summed E-state index contributed by atoms with van der Waals surface area (Å²) in [4.78, 5) is 0. The SMILES string of the molecule is Cc1ccc(OCC2CCCCC2)c(CCl)c1. The van der Waals surface area contributed by atoms with Crippen LogP contribution in [0.3, 0.4) is 0 Å². The lowest BCUT2D eigenvalue weighted by Gasteiger charge is -2.22. The molecule has 1 aromatic carbocycles. The molecule has 17 heavy (non-hydrogen) atoms. The monoisotopic (exact) mass is 252 g/mol. The van der Waals surface area contributed by atoms with Gasteiger partial charge < -0.3 is 4.74 Å². The van der Waals surface area contributed by atoms with Crippen LogP contribution in [0.5, 0.6) is 5.75 Å². The van der Waals surface area contributed by atoms with Crippen molar-refractivity contribution in [3.63, 3.8) is 0 Å². The molecule has 1 aliphatic carbocycles. The van der Waals surface area contributed by atoms with E-state index in [9.17, 15) is 0 Å². The summed E-state index contributed by atoms with van der Waals surface area (Å²) in [5, 5.41) is 0. The zero-order valence-electron chi connectivity index (χ0n) is 10.5. The predicted molar refractivity (Wildman–Crippen MR) is 72.8 cm³/mol. The van der Waals surface area contributed by atoms with Crippen LogP contribution in [0.1, 0.15) is 43.2 Å². The molecule has 0 unspecified atom stereocenters. The summed E-state index contributed by atoms with van der Waals surface area (Å²) in [6.07, 6.45) is 6.77. The molecule has 1 nitrogen and oxygen atoms in total. The first-order valence-corrected chi connectivity index (χ1v) is 7.11. The highest BCUT2D eigenvalue weighted by Gasteiger charge is 2.14. The van der Waals surface area contributed by atoms with Gasteiger partial charge in [-0.3, -0.25) is 0 Å². The van der Waals surface area contributed by atoms with Crippen LogP contribution in [0, 0.1) is 12.8 Å². The smallest absolute Gasteiger partial charge is 0.123 e. The van der Waals surface area contributed by atoms with E-state index >= 15 is 0 Å². The normalized spacial score (nSPS) is 17.1. The molecule has 0 saturated heterocycles. The molecule has 0 N–H and O–H groups in total. The first kappa shape index (κ1) is 12.8. The minimum absolute atomic E-state index is 0.529. The number of halogens is 1. The second kappa shape index (κ2) is 6.30. The number of hydrogen-bond donors (Lipinski definition) is 0. The molecule has 94 valence electrons. The van der Waals surface area contributed by atoms with Gasteiger partial charge in [0.25, 0.3) is 0 Å². The van der Waals surface area contributed by atoms with Gasteiger partial charge in [0, 0.05) is 5.56 Å². The van der Waals surface area contributed by atoms with Crippen LogP contribution in [0.25, 0.3) is 0 Å². The van der Waals surface area contributed by atoms with Crippen molar-refractivity contribution in [2.75, 3.05) is 6.61 Å². The summed E-state index contributed by atoms with van der Waals surface area (Å²) in [7, 11) is 0. The van der Waals surface area contributed by atoms with Gasteiger partial charge in [-0.1, -0.05) is 37.0 Å². The maximum absolute atomic E-state index is 5.95. The lowest BCUT2D eigenvalue weighted by Crippen LogP contribution is -2.15. The Morgan fingerprint density at radius 2 is 2.00 bits per heavy atom. The van der Waals surface area contributed by atoms with Crippen LogP contribution in [0.2, 0.25) is 0 Å². The van der Waals surface area contributed by atoms with E-state index in [1.54, 1.807) is 0 Å². The van der Waals surface area contributed by atoms with Crippen molar-refractivity contribution in [1.82, 2.24) is 0 Å². The summed E-state index contributed by atoms with van der Waals surface area (Å²) in [5.41, 5.74) is 2.35. The van der Waals surface area contributed by atoms with Gasteiger partial charge in [0.15, 0.2) is 0 Å². The van der Waals surface area contributed by atoms with Crippen molar-refractivity contribution in [3.8, 4) is 5.75 Å². The maximum atomic E-state index is 5.95. The van der Waals surface area contributed by atoms with E-state index < -0.39 is 0 Å². The van der Waals surface area contributed by atoms with Gasteiger partial charge in [-0.2, -0.15) is 0 Å². The molecule has 0 aromatic heterocycles. The van der Waals surface area contributed by atoms with Gasteiger partial charge in [0.2, 0.25) is 0 Å². The van der Waals surface area contributed by atoms with E-state index in [1.165, 1.54) is 37.7 Å². The average molecular weight is 253 g/mol. The zero-order chi connectivity index (χ0) is 12.1. The fourth-order valence-electron chi connectivity index (χ4n) is 2.51. The number of alkyl halides is 1. The summed E-state index contributed by atoms with van der Waals surface area (Å²) >= 11 is 5.95. The predicted octanol–water partition coefficient (Wildman–Crippen LogP) is 4.69. The maximum Gasteiger partial charge on any atom is 0.123 e. The van der Waals surface area contributed by atoms with Crippen LogP contribution in [-0.2, 0) is 5.88 Å². The molecular formula is C15H21ClO. The highest BCUT2D eigenvalue weighted by atomic mass is 35.5. The fourth-order valence-corrected chi connectivity index (χ4v) is 2.72. The Balaban J connectivity index is 1.93. The number of hydrogen-bond acceptors (Lipinski definition) is 1. The van der Waals surface area contributed by atoms with Gasteiger partial charge in [0.05, 0.1) is 12.5 Å². The molecule has 0 aliphatic heterocycles. The van der Waals surface area contributed by atoms with Gasteiger partial charge in [-0.05, 0) is 31.7 Å². The fraction of sp³-hybridized carbons (Fsp3) is 0.600. The van der Waals surface area contributed by atoms with Gasteiger partial charge in [0.1, 0.15) is 5.75 Å². The van der Waals surface area contributed by atoms with E-state index in [0.717, 1.165) is 23.8 Å². The minimum atomic E-state index is 0.529. The molecule has 1 fully saturated rings. The lowest BCUT2D eigenvalue weighted by molar-refractivity contribution is 0.207. The number of aryl methyl sites for hydroxylation is 1. The third-order valence-corrected chi connectivity index (χ3v) is 3.85. The molecule has 2 rings (SSSR count). The van der Waals surface area contributed by atoms with Crippen molar-refractivity contribution in [1.29, 1.82) is 0 Å². The molecule has 1 saturated carbocycles. The van der Waals surface area contributed by atoms with Crippen molar-refractivity contribution in [3.05, 3.63) is 29.3 Å². The minimum Gasteiger partial charge on any atom is -0.493 e. The molecule has 1 aliphatic rings. The Hall–Kier alpha value is -0.690. The lowest BCUT2D eigenvalue weighted by atomic mass is 9.90. The third-order valence-electron chi connectivity index (χ3n) is 3.56. The first-order valence-electron chi connectivity index (χ1n) is 6.58. The van der Waals surface area contributed by atoms with Gasteiger partial charge in [-0.25, -0.2) is 0 Å². The standard InChI is InChI=1S/C15H21ClO/c1-12-7-8-15(14(9-12)10-16)17-11-13-5-3-2-4-6-13/h7-9,13H,2-6,10-11H2,1H3. The molecular weight excluding hydrogens is 232 g/mol. The highest BCUT2D eigenvalue weighted by Crippen LogP contribution is 2.27. The Morgan fingerprint density at radius 3 is 2.71 bits per heavy atom. The van der Waals surface area contributed by atoms with E-state index in [0.29, 0.717) is 5.88 Å². The topological polar surface area (TPSA) is 9.23 Å². The number of rotatable bonds is 4. The van der Waals surface area contributed by atoms with Crippen molar-refractivity contribution < 1.29 is 4.74 Å². The van der Waals surface area contributed by atoms with Crippen LogP contribution < -0.4 is 4.74 Å². The quantitative estimate of drug-likeness (QED) is 0.707. The van der Waals surface area contributed by atoms with Gasteiger partial charge >= 0.3 is 0 Å². The Labute approximate surface area is 109 Å². The third kappa shape index (κ3) is 3.64. The Morgan fingerprint density at radius 1 is 1.24 bits per heavy atom. The largest absolute Gasteiger partial charge is 0.493 e. The number of benzene rings is 1. The molecule has 0 heterocycles. The van der Waals surface area contributed by atoms with Crippen LogP contribution in [-0.4, -0.2) is 6.61 Å². The highest BCUT2D eigenvalue weighted by molar-refractivity contribution is 6.17. The van der Waals surface area contributed by atoms with Crippen LogP contribution in [0.15, 0.2) is 18.2 Å². The van der Waals surface area contributed by atoms with Crippen molar-refractivity contribution in [2.24, 2.45) is 5.92 Å². The van der Waals surface area contributed by atoms with Crippen LogP contribution >= 0.6 is 11.6 Å². The molecule has 0 atom stereocenters. The second-order valence-electron chi connectivity index (χ2n) is 5.06. The first-order chi connectivity index (χ1) is 8.29. The van der Waals surface area contributed by atoms with E-state index in [2.05, 4.69) is 25.1 Å². The Kier molecular flexibility index (Phi) is 4.73. The molecule has 2 heteroatoms. The molecule has 0 spiro atoms. The van der Waals surface area contributed by atoms with E-state index in [-0.39, 0.29) is 0 Å². The molecule has 1 aromatic rings. The van der Waals surface area contributed by atoms with Crippen LogP contribution in [0.4, 0.5) is 0 Å².